The first-order valence-corrected chi connectivity index (χ1v) is 4.29. The van der Waals surface area contributed by atoms with Crippen LogP contribution in [-0.4, -0.2) is 27.7 Å². The van der Waals surface area contributed by atoms with Crippen molar-refractivity contribution in [2.24, 2.45) is 0 Å². The molecule has 0 radical (unpaired) electrons. The summed E-state index contributed by atoms with van der Waals surface area (Å²) in [5.74, 6) is -0.134. The number of hydrogen-bond acceptors (Lipinski definition) is 5. The fourth-order valence-corrected chi connectivity index (χ4v) is 1.00. The highest BCUT2D eigenvalue weighted by Gasteiger charge is 2.11. The summed E-state index contributed by atoms with van der Waals surface area (Å²) in [7, 11) is 0. The van der Waals surface area contributed by atoms with Crippen molar-refractivity contribution >= 4 is 5.97 Å². The molecule has 1 aromatic rings. The van der Waals surface area contributed by atoms with Gasteiger partial charge in [0.15, 0.2) is 5.82 Å². The van der Waals surface area contributed by atoms with Crippen LogP contribution in [0.2, 0.25) is 0 Å². The molecule has 0 unspecified atom stereocenters. The van der Waals surface area contributed by atoms with Crippen molar-refractivity contribution in [3.63, 3.8) is 0 Å². The maximum Gasteiger partial charge on any atom is 0.341 e. The monoisotopic (exact) mass is 196 g/mol. The van der Waals surface area contributed by atoms with E-state index in [2.05, 4.69) is 9.97 Å². The molecule has 0 atom stereocenters. The number of ether oxygens (including phenoxy) is 1. The Hall–Kier alpha value is -1.49. The van der Waals surface area contributed by atoms with Crippen LogP contribution < -0.4 is 0 Å². The van der Waals surface area contributed by atoms with Crippen molar-refractivity contribution in [1.29, 1.82) is 0 Å². The minimum absolute atomic E-state index is 0.232. The number of esters is 1. The summed E-state index contributed by atoms with van der Waals surface area (Å²) in [6.45, 7) is 3.49. The van der Waals surface area contributed by atoms with Gasteiger partial charge in [0.1, 0.15) is 6.61 Å². The zero-order chi connectivity index (χ0) is 10.6. The van der Waals surface area contributed by atoms with Gasteiger partial charge in [0.2, 0.25) is 0 Å². The topological polar surface area (TPSA) is 72.3 Å². The van der Waals surface area contributed by atoms with Crippen LogP contribution in [0.25, 0.3) is 0 Å². The lowest BCUT2D eigenvalue weighted by Gasteiger charge is -2.04. The van der Waals surface area contributed by atoms with E-state index in [1.54, 1.807) is 13.8 Å². The average Bonchev–Trinajstić information content (AvgIpc) is 2.17. The average molecular weight is 196 g/mol. The standard InChI is InChI=1S/C9H12N2O3/c1-3-14-9(13)7-4-10-8(5-12)11-6(7)2/h4,12H,3,5H2,1-2H3. The Morgan fingerprint density at radius 2 is 2.36 bits per heavy atom. The minimum Gasteiger partial charge on any atom is -0.462 e. The summed E-state index contributed by atoms with van der Waals surface area (Å²) in [6.07, 6.45) is 1.37. The van der Waals surface area contributed by atoms with Crippen LogP contribution in [0.5, 0.6) is 0 Å². The van der Waals surface area contributed by atoms with E-state index >= 15 is 0 Å². The molecule has 1 aromatic heterocycles. The van der Waals surface area contributed by atoms with Gasteiger partial charge in [0, 0.05) is 6.20 Å². The Kier molecular flexibility index (Phi) is 3.53. The van der Waals surface area contributed by atoms with Crippen LogP contribution in [0.3, 0.4) is 0 Å². The summed E-state index contributed by atoms with van der Waals surface area (Å²) in [4.78, 5) is 19.0. The van der Waals surface area contributed by atoms with Crippen LogP contribution >= 0.6 is 0 Å². The second kappa shape index (κ2) is 4.66. The summed E-state index contributed by atoms with van der Waals surface area (Å²) >= 11 is 0. The molecule has 1 N–H and O–H groups in total. The summed E-state index contributed by atoms with van der Waals surface area (Å²) in [5.41, 5.74) is 0.853. The number of hydrogen-bond donors (Lipinski definition) is 1. The Balaban J connectivity index is 2.94. The van der Waals surface area contributed by atoms with Crippen molar-refractivity contribution < 1.29 is 14.6 Å². The predicted octanol–water partition coefficient (Wildman–Crippen LogP) is 0.454. The molecule has 0 aliphatic heterocycles. The molecule has 0 saturated heterocycles. The van der Waals surface area contributed by atoms with Gasteiger partial charge in [-0.1, -0.05) is 0 Å². The lowest BCUT2D eigenvalue weighted by atomic mass is 10.2. The second-order valence-corrected chi connectivity index (χ2v) is 2.66. The number of carbonyl (C=O) groups is 1. The third-order valence-corrected chi connectivity index (χ3v) is 1.67. The maximum atomic E-state index is 11.3. The van der Waals surface area contributed by atoms with E-state index in [-0.39, 0.29) is 6.61 Å². The van der Waals surface area contributed by atoms with Crippen LogP contribution in [0.1, 0.15) is 28.8 Å². The van der Waals surface area contributed by atoms with E-state index in [1.165, 1.54) is 6.20 Å². The third-order valence-electron chi connectivity index (χ3n) is 1.67. The lowest BCUT2D eigenvalue weighted by Crippen LogP contribution is -2.10. The van der Waals surface area contributed by atoms with Gasteiger partial charge in [-0.3, -0.25) is 0 Å². The second-order valence-electron chi connectivity index (χ2n) is 2.66. The number of carbonyl (C=O) groups excluding carboxylic acids is 1. The summed E-state index contributed by atoms with van der Waals surface area (Å²) in [6, 6.07) is 0. The molecule has 76 valence electrons. The van der Waals surface area contributed by atoms with Gasteiger partial charge in [-0.05, 0) is 13.8 Å². The molecule has 0 spiro atoms. The molecular formula is C9H12N2O3. The largest absolute Gasteiger partial charge is 0.462 e. The lowest BCUT2D eigenvalue weighted by molar-refractivity contribution is 0.0524. The van der Waals surface area contributed by atoms with E-state index in [9.17, 15) is 4.79 Å². The number of rotatable bonds is 3. The highest BCUT2D eigenvalue weighted by molar-refractivity contribution is 5.90. The van der Waals surface area contributed by atoms with Crippen molar-refractivity contribution in [3.8, 4) is 0 Å². The number of aromatic nitrogens is 2. The Labute approximate surface area is 81.8 Å². The molecule has 0 fully saturated rings. The highest BCUT2D eigenvalue weighted by atomic mass is 16.5. The van der Waals surface area contributed by atoms with Crippen molar-refractivity contribution in [3.05, 3.63) is 23.3 Å². The normalized spacial score (nSPS) is 9.93. The van der Waals surface area contributed by atoms with Gasteiger partial charge in [-0.15, -0.1) is 0 Å². The van der Waals surface area contributed by atoms with Gasteiger partial charge >= 0.3 is 5.97 Å². The molecule has 0 aliphatic rings. The van der Waals surface area contributed by atoms with Gasteiger partial charge in [0.25, 0.3) is 0 Å². The number of aliphatic hydroxyl groups is 1. The third kappa shape index (κ3) is 2.26. The van der Waals surface area contributed by atoms with Crippen LogP contribution in [0, 0.1) is 6.92 Å². The zero-order valence-electron chi connectivity index (χ0n) is 8.15. The first-order chi connectivity index (χ1) is 6.69. The van der Waals surface area contributed by atoms with Crippen LogP contribution in [0.4, 0.5) is 0 Å². The maximum absolute atomic E-state index is 11.3. The minimum atomic E-state index is -0.436. The van der Waals surface area contributed by atoms with Gasteiger partial charge in [-0.2, -0.15) is 0 Å². The van der Waals surface area contributed by atoms with Crippen LogP contribution in [-0.2, 0) is 11.3 Å². The molecule has 0 amide bonds. The molecule has 0 aliphatic carbocycles. The Morgan fingerprint density at radius 3 is 2.86 bits per heavy atom. The molecule has 5 nitrogen and oxygen atoms in total. The van der Waals surface area contributed by atoms with Gasteiger partial charge < -0.3 is 9.84 Å². The SMILES string of the molecule is CCOC(=O)c1cnc(CO)nc1C. The van der Waals surface area contributed by atoms with Crippen molar-refractivity contribution in [2.75, 3.05) is 6.61 Å². The molecule has 5 heteroatoms. The van der Waals surface area contributed by atoms with Crippen LogP contribution in [0.15, 0.2) is 6.20 Å². The molecule has 1 heterocycles. The summed E-state index contributed by atoms with van der Waals surface area (Å²) in [5, 5.41) is 8.75. The quantitative estimate of drug-likeness (QED) is 0.711. The molecule has 1 rings (SSSR count). The molecular weight excluding hydrogens is 184 g/mol. The van der Waals surface area contributed by atoms with E-state index in [1.807, 2.05) is 0 Å². The van der Waals surface area contributed by atoms with Gasteiger partial charge in [-0.25, -0.2) is 14.8 Å². The molecule has 0 bridgehead atoms. The van der Waals surface area contributed by atoms with E-state index in [4.69, 9.17) is 9.84 Å². The fourth-order valence-electron chi connectivity index (χ4n) is 1.00. The fraction of sp³-hybridized carbons (Fsp3) is 0.444. The zero-order valence-corrected chi connectivity index (χ0v) is 8.15. The highest BCUT2D eigenvalue weighted by Crippen LogP contribution is 2.05. The van der Waals surface area contributed by atoms with Crippen molar-refractivity contribution in [2.45, 2.75) is 20.5 Å². The smallest absolute Gasteiger partial charge is 0.341 e. The van der Waals surface area contributed by atoms with Crippen molar-refractivity contribution in [1.82, 2.24) is 9.97 Å². The van der Waals surface area contributed by atoms with E-state index < -0.39 is 5.97 Å². The van der Waals surface area contributed by atoms with E-state index in [0.717, 1.165) is 0 Å². The van der Waals surface area contributed by atoms with E-state index in [0.29, 0.717) is 23.7 Å². The molecule has 14 heavy (non-hydrogen) atoms. The Morgan fingerprint density at radius 1 is 1.64 bits per heavy atom. The Bertz CT molecular complexity index is 339. The number of nitrogens with zero attached hydrogens (tertiary/aromatic N) is 2. The number of aliphatic hydroxyl groups excluding tert-OH is 1. The first-order valence-electron chi connectivity index (χ1n) is 4.29. The molecule has 0 aromatic carbocycles. The summed E-state index contributed by atoms with van der Waals surface area (Å²) < 4.78 is 4.80. The molecule has 0 saturated carbocycles. The number of aryl methyl sites for hydroxylation is 1. The first kappa shape index (κ1) is 10.6. The van der Waals surface area contributed by atoms with Gasteiger partial charge in [0.05, 0.1) is 17.9 Å². The predicted molar refractivity (Wildman–Crippen MR) is 48.6 cm³/mol.